The number of rotatable bonds is 5. The van der Waals surface area contributed by atoms with E-state index in [0.717, 1.165) is 17.7 Å². The summed E-state index contributed by atoms with van der Waals surface area (Å²) < 4.78 is 29.9. The Hall–Kier alpha value is -2.34. The van der Waals surface area contributed by atoms with Crippen LogP contribution in [0.15, 0.2) is 48.5 Å². The van der Waals surface area contributed by atoms with E-state index in [1.165, 1.54) is 7.11 Å². The Morgan fingerprint density at radius 3 is 2.75 bits per heavy atom. The Morgan fingerprint density at radius 2 is 1.96 bits per heavy atom. The van der Waals surface area contributed by atoms with Gasteiger partial charge in [-0.1, -0.05) is 30.3 Å². The van der Waals surface area contributed by atoms with Crippen LogP contribution in [0.25, 0.3) is 0 Å². The van der Waals surface area contributed by atoms with Crippen molar-refractivity contribution >= 4 is 21.4 Å². The van der Waals surface area contributed by atoms with Crippen LogP contribution in [-0.2, 0) is 26.8 Å². The van der Waals surface area contributed by atoms with Crippen molar-refractivity contribution in [3.8, 4) is 5.75 Å². The Kier molecular flexibility index (Phi) is 4.57. The van der Waals surface area contributed by atoms with E-state index < -0.39 is 15.6 Å². The number of para-hydroxylation sites is 1. The third-order valence-electron chi connectivity index (χ3n) is 4.05. The summed E-state index contributed by atoms with van der Waals surface area (Å²) in [4.78, 5) is 14.0. The number of hydrogen-bond donors (Lipinski definition) is 0. The van der Waals surface area contributed by atoms with Crippen LogP contribution in [0.3, 0.4) is 0 Å². The summed E-state index contributed by atoms with van der Waals surface area (Å²) in [5, 5.41) is 0. The molecule has 0 bridgehead atoms. The van der Waals surface area contributed by atoms with Crippen LogP contribution in [0.2, 0.25) is 0 Å². The number of fused-ring (bicyclic) bond motifs is 1. The highest BCUT2D eigenvalue weighted by atomic mass is 32.2. The van der Waals surface area contributed by atoms with Crippen molar-refractivity contribution in [3.05, 3.63) is 59.7 Å². The number of carbonyl (C=O) groups is 1. The minimum Gasteiger partial charge on any atom is -0.497 e. The van der Waals surface area contributed by atoms with Crippen LogP contribution in [0, 0.1) is 0 Å². The van der Waals surface area contributed by atoms with E-state index >= 15 is 0 Å². The fourth-order valence-electron chi connectivity index (χ4n) is 2.93. The number of amides is 1. The SMILES string of the molecule is COc1cccc(CS(=O)(=O)CC(=O)N2CCc3ccccc32)c1. The molecule has 3 rings (SSSR count). The topological polar surface area (TPSA) is 63.7 Å². The van der Waals surface area contributed by atoms with Crippen LogP contribution >= 0.6 is 0 Å². The van der Waals surface area contributed by atoms with Gasteiger partial charge >= 0.3 is 0 Å². The van der Waals surface area contributed by atoms with Crippen molar-refractivity contribution in [1.82, 2.24) is 0 Å². The first-order chi connectivity index (χ1) is 11.5. The maximum Gasteiger partial charge on any atom is 0.242 e. The molecule has 1 aliphatic heterocycles. The number of benzene rings is 2. The van der Waals surface area contributed by atoms with E-state index in [4.69, 9.17) is 4.74 Å². The van der Waals surface area contributed by atoms with Crippen LogP contribution in [-0.4, -0.2) is 33.7 Å². The molecule has 0 atom stereocenters. The molecule has 0 fully saturated rings. The molecule has 2 aromatic carbocycles. The first kappa shape index (κ1) is 16.5. The smallest absolute Gasteiger partial charge is 0.242 e. The van der Waals surface area contributed by atoms with E-state index in [-0.39, 0.29) is 11.7 Å². The summed E-state index contributed by atoms with van der Waals surface area (Å²) in [5.74, 6) is -0.436. The van der Waals surface area contributed by atoms with Gasteiger partial charge in [0.25, 0.3) is 0 Å². The molecule has 1 heterocycles. The molecule has 0 unspecified atom stereocenters. The van der Waals surface area contributed by atoms with Gasteiger partial charge in [0.2, 0.25) is 5.91 Å². The largest absolute Gasteiger partial charge is 0.497 e. The molecule has 5 nitrogen and oxygen atoms in total. The van der Waals surface area contributed by atoms with Gasteiger partial charge in [-0.15, -0.1) is 0 Å². The van der Waals surface area contributed by atoms with Crippen molar-refractivity contribution in [3.63, 3.8) is 0 Å². The van der Waals surface area contributed by atoms with E-state index in [1.807, 2.05) is 24.3 Å². The lowest BCUT2D eigenvalue weighted by molar-refractivity contribution is -0.116. The van der Waals surface area contributed by atoms with Gasteiger partial charge in [-0.2, -0.15) is 0 Å². The van der Waals surface area contributed by atoms with Crippen molar-refractivity contribution in [1.29, 1.82) is 0 Å². The molecule has 0 radical (unpaired) electrons. The molecule has 1 amide bonds. The predicted octanol–water partition coefficient (Wildman–Crippen LogP) is 2.20. The first-order valence-electron chi connectivity index (χ1n) is 7.70. The van der Waals surface area contributed by atoms with Gasteiger partial charge in [-0.25, -0.2) is 8.42 Å². The van der Waals surface area contributed by atoms with E-state index in [2.05, 4.69) is 0 Å². The Balaban J connectivity index is 1.71. The van der Waals surface area contributed by atoms with Crippen LogP contribution in [0.1, 0.15) is 11.1 Å². The molecular weight excluding hydrogens is 326 g/mol. The lowest BCUT2D eigenvalue weighted by atomic mass is 10.2. The zero-order valence-electron chi connectivity index (χ0n) is 13.4. The average molecular weight is 345 g/mol. The third-order valence-corrected chi connectivity index (χ3v) is 5.51. The zero-order chi connectivity index (χ0) is 17.2. The van der Waals surface area contributed by atoms with Gasteiger partial charge in [0.15, 0.2) is 9.84 Å². The first-order valence-corrected chi connectivity index (χ1v) is 9.52. The summed E-state index contributed by atoms with van der Waals surface area (Å²) in [5.41, 5.74) is 2.51. The Morgan fingerprint density at radius 1 is 1.17 bits per heavy atom. The van der Waals surface area contributed by atoms with Crippen molar-refractivity contribution in [2.24, 2.45) is 0 Å². The number of hydrogen-bond acceptors (Lipinski definition) is 4. The minimum absolute atomic E-state index is 0.175. The van der Waals surface area contributed by atoms with Gasteiger partial charge in [-0.05, 0) is 35.7 Å². The maximum atomic E-state index is 12.5. The van der Waals surface area contributed by atoms with Gasteiger partial charge < -0.3 is 9.64 Å². The maximum absolute atomic E-state index is 12.5. The molecule has 0 aromatic heterocycles. The normalized spacial score (nSPS) is 13.6. The average Bonchev–Trinajstić information content (AvgIpc) is 2.98. The molecule has 0 saturated heterocycles. The number of ether oxygens (including phenoxy) is 1. The van der Waals surface area contributed by atoms with Gasteiger partial charge in [0, 0.05) is 12.2 Å². The second kappa shape index (κ2) is 6.65. The molecule has 0 aliphatic carbocycles. The van der Waals surface area contributed by atoms with Crippen molar-refractivity contribution < 1.29 is 17.9 Å². The Labute approximate surface area is 141 Å². The standard InChI is InChI=1S/C18H19NO4S/c1-23-16-7-4-5-14(11-16)12-24(21,22)13-18(20)19-10-9-15-6-2-3-8-17(15)19/h2-8,11H,9-10,12-13H2,1H3. The molecule has 6 heteroatoms. The summed E-state index contributed by atoms with van der Waals surface area (Å²) in [6.07, 6.45) is 0.762. The quantitative estimate of drug-likeness (QED) is 0.833. The zero-order valence-corrected chi connectivity index (χ0v) is 14.3. The van der Waals surface area contributed by atoms with Crippen molar-refractivity contribution in [2.75, 3.05) is 24.3 Å². The third kappa shape index (κ3) is 3.59. The second-order valence-corrected chi connectivity index (χ2v) is 7.87. The van der Waals surface area contributed by atoms with Crippen LogP contribution < -0.4 is 9.64 Å². The van der Waals surface area contributed by atoms with Gasteiger partial charge in [-0.3, -0.25) is 4.79 Å². The lowest BCUT2D eigenvalue weighted by Crippen LogP contribution is -2.34. The van der Waals surface area contributed by atoms with E-state index in [0.29, 0.717) is 17.9 Å². The van der Waals surface area contributed by atoms with Crippen molar-refractivity contribution in [2.45, 2.75) is 12.2 Å². The van der Waals surface area contributed by atoms with E-state index in [1.54, 1.807) is 29.2 Å². The van der Waals surface area contributed by atoms with Gasteiger partial charge in [0.1, 0.15) is 11.5 Å². The van der Waals surface area contributed by atoms with E-state index in [9.17, 15) is 13.2 Å². The number of nitrogens with zero attached hydrogens (tertiary/aromatic N) is 1. The summed E-state index contributed by atoms with van der Waals surface area (Å²) in [7, 11) is -2.02. The molecule has 0 spiro atoms. The highest BCUT2D eigenvalue weighted by Gasteiger charge is 2.28. The van der Waals surface area contributed by atoms with Crippen LogP contribution in [0.5, 0.6) is 5.75 Å². The fourth-order valence-corrected chi connectivity index (χ4v) is 4.25. The molecule has 1 aliphatic rings. The number of methoxy groups -OCH3 is 1. The number of anilines is 1. The number of carbonyl (C=O) groups excluding carboxylic acids is 1. The summed E-state index contributed by atoms with van der Waals surface area (Å²) >= 11 is 0. The minimum atomic E-state index is -3.55. The molecule has 0 saturated carbocycles. The summed E-state index contributed by atoms with van der Waals surface area (Å²) in [6, 6.07) is 14.5. The van der Waals surface area contributed by atoms with Gasteiger partial charge in [0.05, 0.1) is 12.9 Å². The molecule has 2 aromatic rings. The molecule has 126 valence electrons. The molecule has 0 N–H and O–H groups in total. The Bertz CT molecular complexity index is 861. The predicted molar refractivity (Wildman–Crippen MR) is 93.0 cm³/mol. The molecular formula is C18H19NO4S. The number of sulfone groups is 1. The second-order valence-electron chi connectivity index (χ2n) is 5.81. The lowest BCUT2D eigenvalue weighted by Gasteiger charge is -2.17. The summed E-state index contributed by atoms with van der Waals surface area (Å²) in [6.45, 7) is 0.535. The molecule has 24 heavy (non-hydrogen) atoms. The van der Waals surface area contributed by atoms with Crippen LogP contribution in [0.4, 0.5) is 5.69 Å². The highest BCUT2D eigenvalue weighted by Crippen LogP contribution is 2.27. The monoisotopic (exact) mass is 345 g/mol. The fraction of sp³-hybridized carbons (Fsp3) is 0.278. The highest BCUT2D eigenvalue weighted by molar-refractivity contribution is 7.91.